The predicted molar refractivity (Wildman–Crippen MR) is 92.8 cm³/mol. The maximum Gasteiger partial charge on any atom is -0.0321 e. The van der Waals surface area contributed by atoms with Crippen molar-refractivity contribution < 1.29 is 0 Å². The van der Waals surface area contributed by atoms with Crippen LogP contribution in [0.4, 0.5) is 0 Å². The van der Waals surface area contributed by atoms with Crippen LogP contribution in [0.1, 0.15) is 98.3 Å². The van der Waals surface area contributed by atoms with Crippen molar-refractivity contribution in [3.63, 3.8) is 0 Å². The van der Waals surface area contributed by atoms with Gasteiger partial charge < -0.3 is 6.15 Å². The number of rotatable bonds is 11. The number of unbranched alkanes of at least 4 members (excludes halogenated alkanes) is 9. The van der Waals surface area contributed by atoms with Crippen molar-refractivity contribution in [2.24, 2.45) is 0 Å². The molecule has 0 heterocycles. The Morgan fingerprint density at radius 1 is 0.632 bits per heavy atom. The Bertz CT molecular complexity index is 195. The lowest BCUT2D eigenvalue weighted by molar-refractivity contribution is 0.555. The van der Waals surface area contributed by atoms with Gasteiger partial charge in [0.1, 0.15) is 0 Å². The maximum atomic E-state index is 2.29. The Morgan fingerprint density at radius 3 is 1.37 bits per heavy atom. The zero-order valence-corrected chi connectivity index (χ0v) is 14.7. The van der Waals surface area contributed by atoms with Gasteiger partial charge in [-0.15, -0.1) is 12.4 Å². The average molecular weight is 292 g/mol. The minimum atomic E-state index is 0. The molecule has 0 rings (SSSR count). The molecule has 0 aromatic rings. The van der Waals surface area contributed by atoms with Gasteiger partial charge in [0, 0.05) is 0 Å². The monoisotopic (exact) mass is 291 g/mol. The van der Waals surface area contributed by atoms with Crippen LogP contribution in [0, 0.1) is 0 Å². The molecule has 0 aromatic carbocycles. The summed E-state index contributed by atoms with van der Waals surface area (Å²) in [5.74, 6) is 0. The Morgan fingerprint density at radius 2 is 1.00 bits per heavy atom. The first-order valence-corrected chi connectivity index (χ1v) is 7.81. The number of halogens is 1. The van der Waals surface area contributed by atoms with Crippen LogP contribution in [-0.2, 0) is 0 Å². The first kappa shape index (κ1) is 24.0. The van der Waals surface area contributed by atoms with Crippen LogP contribution in [-0.4, -0.2) is 0 Å². The van der Waals surface area contributed by atoms with Crippen molar-refractivity contribution in [1.82, 2.24) is 6.15 Å². The standard InChI is InChI=1S/C17H34.ClH.H3N/c1-5-6-7-8-9-10-11-12-13-14-15-17(4)16(2)3;;/h5-15H2,1-4H3;1H;1H3. The van der Waals surface area contributed by atoms with Gasteiger partial charge in [-0.25, -0.2) is 0 Å². The molecule has 0 aliphatic carbocycles. The van der Waals surface area contributed by atoms with Gasteiger partial charge >= 0.3 is 0 Å². The lowest BCUT2D eigenvalue weighted by atomic mass is 10.0. The molecule has 0 bridgehead atoms. The Balaban J connectivity index is -0.00000128. The molecule has 118 valence electrons. The highest BCUT2D eigenvalue weighted by molar-refractivity contribution is 5.85. The van der Waals surface area contributed by atoms with Crippen molar-refractivity contribution in [1.29, 1.82) is 0 Å². The first-order valence-electron chi connectivity index (χ1n) is 7.81. The van der Waals surface area contributed by atoms with Crippen molar-refractivity contribution in [3.05, 3.63) is 11.1 Å². The van der Waals surface area contributed by atoms with Crippen LogP contribution < -0.4 is 6.15 Å². The highest BCUT2D eigenvalue weighted by Gasteiger charge is 1.95. The van der Waals surface area contributed by atoms with Crippen molar-refractivity contribution in [3.8, 4) is 0 Å². The summed E-state index contributed by atoms with van der Waals surface area (Å²) in [6, 6.07) is 0. The fourth-order valence-corrected chi connectivity index (χ4v) is 2.13. The Hall–Kier alpha value is -0.0100. The van der Waals surface area contributed by atoms with Crippen LogP contribution >= 0.6 is 12.4 Å². The molecular formula is C17H38ClN. The van der Waals surface area contributed by atoms with Gasteiger partial charge in [0.05, 0.1) is 0 Å². The fraction of sp³-hybridized carbons (Fsp3) is 0.882. The van der Waals surface area contributed by atoms with E-state index < -0.39 is 0 Å². The minimum absolute atomic E-state index is 0. The van der Waals surface area contributed by atoms with E-state index in [-0.39, 0.29) is 18.6 Å². The molecule has 0 spiro atoms. The summed E-state index contributed by atoms with van der Waals surface area (Å²) in [4.78, 5) is 0. The summed E-state index contributed by atoms with van der Waals surface area (Å²) < 4.78 is 0. The summed E-state index contributed by atoms with van der Waals surface area (Å²) in [6.45, 7) is 9.02. The highest BCUT2D eigenvalue weighted by Crippen LogP contribution is 2.15. The molecule has 0 fully saturated rings. The van der Waals surface area contributed by atoms with E-state index in [2.05, 4.69) is 27.7 Å². The van der Waals surface area contributed by atoms with Gasteiger partial charge in [0.15, 0.2) is 0 Å². The highest BCUT2D eigenvalue weighted by atomic mass is 35.5. The van der Waals surface area contributed by atoms with Crippen molar-refractivity contribution in [2.75, 3.05) is 0 Å². The van der Waals surface area contributed by atoms with E-state index in [4.69, 9.17) is 0 Å². The lowest BCUT2D eigenvalue weighted by Gasteiger charge is -2.04. The summed E-state index contributed by atoms with van der Waals surface area (Å²) in [7, 11) is 0. The molecule has 0 saturated heterocycles. The number of hydrogen-bond donors (Lipinski definition) is 1. The fourth-order valence-electron chi connectivity index (χ4n) is 2.13. The zero-order valence-electron chi connectivity index (χ0n) is 13.9. The first-order chi connectivity index (χ1) is 8.18. The maximum absolute atomic E-state index is 2.29. The quantitative estimate of drug-likeness (QED) is 0.316. The SMILES string of the molecule is CCCCCCCCCCCCC(C)=C(C)C.Cl.N. The molecule has 0 aliphatic rings. The van der Waals surface area contributed by atoms with Gasteiger partial charge in [-0.2, -0.15) is 0 Å². The molecule has 0 amide bonds. The van der Waals surface area contributed by atoms with E-state index in [1.165, 1.54) is 76.2 Å². The molecule has 0 unspecified atom stereocenters. The van der Waals surface area contributed by atoms with Gasteiger partial charge in [-0.3, -0.25) is 0 Å². The predicted octanol–water partition coefficient (Wildman–Crippen LogP) is 7.24. The number of hydrogen-bond acceptors (Lipinski definition) is 1. The molecule has 0 aliphatic heterocycles. The van der Waals surface area contributed by atoms with Crippen molar-refractivity contribution in [2.45, 2.75) is 98.3 Å². The summed E-state index contributed by atoms with van der Waals surface area (Å²) in [5, 5.41) is 0. The second kappa shape index (κ2) is 18.0. The largest absolute Gasteiger partial charge is 0.344 e. The molecule has 2 heteroatoms. The zero-order chi connectivity index (χ0) is 12.9. The van der Waals surface area contributed by atoms with Gasteiger partial charge in [0.25, 0.3) is 0 Å². The van der Waals surface area contributed by atoms with E-state index in [9.17, 15) is 0 Å². The molecule has 19 heavy (non-hydrogen) atoms. The van der Waals surface area contributed by atoms with Crippen LogP contribution in [0.15, 0.2) is 11.1 Å². The Kier molecular flexibility index (Phi) is 22.8. The molecule has 1 nitrogen and oxygen atoms in total. The molecule has 0 saturated carbocycles. The lowest BCUT2D eigenvalue weighted by Crippen LogP contribution is -1.84. The topological polar surface area (TPSA) is 35.0 Å². The van der Waals surface area contributed by atoms with E-state index in [0.29, 0.717) is 0 Å². The van der Waals surface area contributed by atoms with Gasteiger partial charge in [-0.05, 0) is 33.6 Å². The molecule has 0 aromatic heterocycles. The molecule has 0 radical (unpaired) electrons. The molecular weight excluding hydrogens is 254 g/mol. The van der Waals surface area contributed by atoms with Gasteiger partial charge in [0.2, 0.25) is 0 Å². The van der Waals surface area contributed by atoms with Crippen LogP contribution in [0.5, 0.6) is 0 Å². The van der Waals surface area contributed by atoms with E-state index in [1.54, 1.807) is 5.57 Å². The average Bonchev–Trinajstić information content (AvgIpc) is 2.31. The van der Waals surface area contributed by atoms with Crippen LogP contribution in [0.3, 0.4) is 0 Å². The third kappa shape index (κ3) is 18.0. The van der Waals surface area contributed by atoms with E-state index in [0.717, 1.165) is 0 Å². The van der Waals surface area contributed by atoms with Crippen molar-refractivity contribution >= 4 is 12.4 Å². The normalized spacial score (nSPS) is 9.47. The van der Waals surface area contributed by atoms with Crippen LogP contribution in [0.25, 0.3) is 0 Å². The molecule has 0 atom stereocenters. The minimum Gasteiger partial charge on any atom is -0.344 e. The summed E-state index contributed by atoms with van der Waals surface area (Å²) in [6.07, 6.45) is 15.7. The van der Waals surface area contributed by atoms with Gasteiger partial charge in [-0.1, -0.05) is 75.9 Å². The second-order valence-electron chi connectivity index (χ2n) is 5.71. The Labute approximate surface area is 128 Å². The summed E-state index contributed by atoms with van der Waals surface area (Å²) in [5.41, 5.74) is 3.12. The third-order valence-corrected chi connectivity index (χ3v) is 3.76. The van der Waals surface area contributed by atoms with Crippen LogP contribution in [0.2, 0.25) is 0 Å². The third-order valence-electron chi connectivity index (χ3n) is 3.76. The number of allylic oxidation sites excluding steroid dienone is 2. The second-order valence-corrected chi connectivity index (χ2v) is 5.71. The smallest absolute Gasteiger partial charge is 0.0321 e. The summed E-state index contributed by atoms with van der Waals surface area (Å²) >= 11 is 0. The van der Waals surface area contributed by atoms with E-state index in [1.807, 2.05) is 0 Å². The van der Waals surface area contributed by atoms with E-state index >= 15 is 0 Å². The molecule has 3 N–H and O–H groups in total.